The average molecular weight is 595 g/mol. The number of benzene rings is 1. The summed E-state index contributed by atoms with van der Waals surface area (Å²) in [5.41, 5.74) is 6.16. The summed E-state index contributed by atoms with van der Waals surface area (Å²) < 4.78 is 4.96. The lowest BCUT2D eigenvalue weighted by molar-refractivity contribution is -0.144. The fourth-order valence-electron chi connectivity index (χ4n) is 10.2. The molecule has 4 fully saturated rings. The van der Waals surface area contributed by atoms with Crippen LogP contribution in [-0.2, 0) is 19.1 Å². The molecule has 4 aliphatic rings. The van der Waals surface area contributed by atoms with Gasteiger partial charge in [-0.3, -0.25) is 9.59 Å². The van der Waals surface area contributed by atoms with Crippen molar-refractivity contribution in [2.45, 2.75) is 110 Å². The normalized spacial score (nSPS) is 36.3. The second-order valence-corrected chi connectivity index (χ2v) is 14.7. The third-order valence-corrected chi connectivity index (χ3v) is 12.5. The van der Waals surface area contributed by atoms with Crippen molar-refractivity contribution in [3.8, 4) is 0 Å². The monoisotopic (exact) mass is 594 g/mol. The summed E-state index contributed by atoms with van der Waals surface area (Å²) in [5, 5.41) is 12.9. The van der Waals surface area contributed by atoms with Crippen LogP contribution >= 0.6 is 0 Å². The molecule has 0 radical (unpaired) electrons. The lowest BCUT2D eigenvalue weighted by Crippen LogP contribution is -2.54. The maximum absolute atomic E-state index is 13.0. The van der Waals surface area contributed by atoms with Gasteiger partial charge in [0.1, 0.15) is 6.04 Å². The number of ether oxygens (including phenoxy) is 1. The fourth-order valence-corrected chi connectivity index (χ4v) is 10.2. The van der Waals surface area contributed by atoms with E-state index in [1.54, 1.807) is 18.2 Å². The predicted octanol–water partition coefficient (Wildman–Crippen LogP) is 5.17. The number of carbonyl (C=O) groups is 4. The number of aliphatic hydroxyl groups excluding tert-OH is 1. The summed E-state index contributed by atoms with van der Waals surface area (Å²) in [6.07, 6.45) is 10.9. The maximum atomic E-state index is 13.0. The minimum absolute atomic E-state index is 0.120. The van der Waals surface area contributed by atoms with Gasteiger partial charge < -0.3 is 20.9 Å². The van der Waals surface area contributed by atoms with E-state index in [1.165, 1.54) is 50.7 Å². The minimum atomic E-state index is -1.31. The van der Waals surface area contributed by atoms with E-state index in [9.17, 15) is 24.3 Å². The standard InChI is InChI=1S/C35H50N2O6/c1-21(9-14-31(40)37-29(20-30(36)39)33(42)43-32(41)22-7-5-4-6-8-22)26-12-13-27-25-11-10-23-19-24(38)15-17-34(23,2)28(25)16-18-35(26,27)3/h4-8,21,23-29,38H,9-20H2,1-3H3,(H2,36,39)(H,37,40)/t21-,23-,24-,25+,26-,27+,28+,29-,34+,35-/m1/s1. The largest absolute Gasteiger partial charge is 0.393 e. The Kier molecular flexibility index (Phi) is 9.36. The van der Waals surface area contributed by atoms with Crippen molar-refractivity contribution < 1.29 is 29.0 Å². The van der Waals surface area contributed by atoms with Gasteiger partial charge in [-0.15, -0.1) is 0 Å². The highest BCUT2D eigenvalue weighted by molar-refractivity contribution is 6.00. The first-order valence-corrected chi connectivity index (χ1v) is 16.5. The van der Waals surface area contributed by atoms with E-state index >= 15 is 0 Å². The third-order valence-electron chi connectivity index (χ3n) is 12.5. The molecule has 8 nitrogen and oxygen atoms in total. The Morgan fingerprint density at radius 1 is 0.977 bits per heavy atom. The van der Waals surface area contributed by atoms with Gasteiger partial charge in [0.25, 0.3) is 0 Å². The molecule has 8 heteroatoms. The number of primary amides is 1. The fraction of sp³-hybridized carbons (Fsp3) is 0.714. The summed E-state index contributed by atoms with van der Waals surface area (Å²) >= 11 is 0. The van der Waals surface area contributed by atoms with Crippen LogP contribution in [-0.4, -0.2) is 41.0 Å². The third kappa shape index (κ3) is 6.40. The van der Waals surface area contributed by atoms with Crippen molar-refractivity contribution in [1.82, 2.24) is 5.32 Å². The molecule has 0 heterocycles. The van der Waals surface area contributed by atoms with Crippen molar-refractivity contribution in [2.24, 2.45) is 52.1 Å². The Morgan fingerprint density at radius 2 is 1.67 bits per heavy atom. The number of nitrogens with one attached hydrogen (secondary N) is 1. The number of amides is 2. The van der Waals surface area contributed by atoms with Crippen molar-refractivity contribution in [3.05, 3.63) is 35.9 Å². The lowest BCUT2D eigenvalue weighted by atomic mass is 9.44. The van der Waals surface area contributed by atoms with Gasteiger partial charge >= 0.3 is 11.9 Å². The van der Waals surface area contributed by atoms with Gasteiger partial charge in [-0.2, -0.15) is 0 Å². The zero-order valence-electron chi connectivity index (χ0n) is 26.1. The van der Waals surface area contributed by atoms with Crippen molar-refractivity contribution in [1.29, 1.82) is 0 Å². The molecule has 4 N–H and O–H groups in total. The molecule has 0 unspecified atom stereocenters. The van der Waals surface area contributed by atoms with Crippen molar-refractivity contribution >= 4 is 23.8 Å². The molecule has 4 saturated carbocycles. The molecule has 0 aromatic heterocycles. The zero-order chi connectivity index (χ0) is 30.9. The highest BCUT2D eigenvalue weighted by Crippen LogP contribution is 2.68. The van der Waals surface area contributed by atoms with Crippen LogP contribution in [0.25, 0.3) is 0 Å². The van der Waals surface area contributed by atoms with Gasteiger partial charge in [-0.05, 0) is 123 Å². The van der Waals surface area contributed by atoms with E-state index in [4.69, 9.17) is 10.5 Å². The van der Waals surface area contributed by atoms with Crippen LogP contribution in [0.5, 0.6) is 0 Å². The number of hydrogen-bond acceptors (Lipinski definition) is 6. The molecule has 2 amide bonds. The van der Waals surface area contributed by atoms with Crippen molar-refractivity contribution in [2.75, 3.05) is 0 Å². The van der Waals surface area contributed by atoms with Gasteiger partial charge in [-0.25, -0.2) is 9.59 Å². The average Bonchev–Trinajstić information content (AvgIpc) is 3.33. The summed E-state index contributed by atoms with van der Waals surface area (Å²) in [6.45, 7) is 7.28. The Morgan fingerprint density at radius 3 is 2.40 bits per heavy atom. The number of fused-ring (bicyclic) bond motifs is 5. The predicted molar refractivity (Wildman–Crippen MR) is 162 cm³/mol. The van der Waals surface area contributed by atoms with E-state index in [0.717, 1.165) is 31.1 Å². The molecule has 1 aromatic carbocycles. The Hall–Kier alpha value is -2.74. The first kappa shape index (κ1) is 31.7. The molecule has 0 saturated heterocycles. The van der Waals surface area contributed by atoms with Gasteiger partial charge in [0.15, 0.2) is 0 Å². The summed E-state index contributed by atoms with van der Waals surface area (Å²) in [5.74, 6) is 0.820. The molecule has 0 aliphatic heterocycles. The molecule has 0 spiro atoms. The van der Waals surface area contributed by atoms with Gasteiger partial charge in [0, 0.05) is 6.42 Å². The second-order valence-electron chi connectivity index (χ2n) is 14.7. The number of aliphatic hydroxyl groups is 1. The molecule has 1 aromatic rings. The minimum Gasteiger partial charge on any atom is -0.393 e. The van der Waals surface area contributed by atoms with Gasteiger partial charge in [0.05, 0.1) is 18.1 Å². The Labute approximate surface area is 255 Å². The van der Waals surface area contributed by atoms with E-state index < -0.39 is 30.3 Å². The summed E-state index contributed by atoms with van der Waals surface area (Å²) in [7, 11) is 0. The smallest absolute Gasteiger partial charge is 0.345 e. The van der Waals surface area contributed by atoms with Gasteiger partial charge in [0.2, 0.25) is 11.8 Å². The van der Waals surface area contributed by atoms with Crippen LogP contribution in [0.3, 0.4) is 0 Å². The molecule has 10 atom stereocenters. The number of carbonyl (C=O) groups excluding carboxylic acids is 4. The van der Waals surface area contributed by atoms with Crippen LogP contribution < -0.4 is 11.1 Å². The van der Waals surface area contributed by atoms with Crippen LogP contribution in [0.15, 0.2) is 30.3 Å². The Bertz CT molecular complexity index is 1200. The summed E-state index contributed by atoms with van der Waals surface area (Å²) in [4.78, 5) is 49.7. The van der Waals surface area contributed by atoms with Crippen molar-refractivity contribution in [3.63, 3.8) is 0 Å². The SMILES string of the molecule is C[C@H](CCC(=O)N[C@H](CC(N)=O)C(=O)OC(=O)c1ccccc1)[C@H]1CC[C@H]2[C@@H]3CC[C@@H]4C[C@H](O)CC[C@]4(C)[C@H]3CC[C@]12C. The molecule has 0 bridgehead atoms. The first-order chi connectivity index (χ1) is 20.4. The van der Waals surface area contributed by atoms with E-state index in [2.05, 4.69) is 26.1 Å². The molecule has 236 valence electrons. The number of hydrogen-bond donors (Lipinski definition) is 3. The van der Waals surface area contributed by atoms with Gasteiger partial charge in [-0.1, -0.05) is 39.0 Å². The van der Waals surface area contributed by atoms with Crippen LogP contribution in [0, 0.1) is 46.3 Å². The summed E-state index contributed by atoms with van der Waals surface area (Å²) in [6, 6.07) is 6.77. The molecule has 5 rings (SSSR count). The van der Waals surface area contributed by atoms with E-state index in [0.29, 0.717) is 35.5 Å². The molecule has 4 aliphatic carbocycles. The molecular weight excluding hydrogens is 544 g/mol. The zero-order valence-corrected chi connectivity index (χ0v) is 26.1. The van der Waals surface area contributed by atoms with Crippen LogP contribution in [0.4, 0.5) is 0 Å². The van der Waals surface area contributed by atoms with E-state index in [-0.39, 0.29) is 29.4 Å². The molecular formula is C35H50N2O6. The highest BCUT2D eigenvalue weighted by atomic mass is 16.6. The number of nitrogens with two attached hydrogens (primary N) is 1. The second kappa shape index (κ2) is 12.7. The topological polar surface area (TPSA) is 136 Å². The van der Waals surface area contributed by atoms with Crippen LogP contribution in [0.2, 0.25) is 0 Å². The molecule has 43 heavy (non-hydrogen) atoms. The van der Waals surface area contributed by atoms with Crippen LogP contribution in [0.1, 0.15) is 108 Å². The maximum Gasteiger partial charge on any atom is 0.345 e. The number of rotatable bonds is 9. The highest BCUT2D eigenvalue weighted by Gasteiger charge is 2.60. The van der Waals surface area contributed by atoms with E-state index in [1.807, 2.05) is 0 Å². The first-order valence-electron chi connectivity index (χ1n) is 16.5. The lowest BCUT2D eigenvalue weighted by Gasteiger charge is -2.61. The Balaban J connectivity index is 1.16. The number of esters is 2. The quantitative estimate of drug-likeness (QED) is 0.267.